The first-order valence-electron chi connectivity index (χ1n) is 9.95. The van der Waals surface area contributed by atoms with Crippen LogP contribution in [0.25, 0.3) is 0 Å². The SMILES string of the molecule is CC(Oc1cccc(C#N)c1)C(=O)Nc1ccc(NC(=O)c2cccc(S(C)(=O)=O)c2)c(Cl)c1. The van der Waals surface area contributed by atoms with Crippen molar-refractivity contribution in [2.45, 2.75) is 17.9 Å². The zero-order chi connectivity index (χ0) is 24.9. The Kier molecular flexibility index (Phi) is 7.56. The van der Waals surface area contributed by atoms with Gasteiger partial charge in [-0.15, -0.1) is 0 Å². The van der Waals surface area contributed by atoms with Crippen LogP contribution in [0.1, 0.15) is 22.8 Å². The number of amides is 2. The molecule has 0 spiro atoms. The number of sulfone groups is 1. The molecule has 3 aromatic rings. The van der Waals surface area contributed by atoms with Gasteiger partial charge in [-0.2, -0.15) is 5.26 Å². The van der Waals surface area contributed by atoms with Crippen LogP contribution in [0.15, 0.2) is 71.6 Å². The molecule has 0 heterocycles. The van der Waals surface area contributed by atoms with E-state index >= 15 is 0 Å². The normalized spacial score (nSPS) is 11.7. The van der Waals surface area contributed by atoms with E-state index in [9.17, 15) is 18.0 Å². The highest BCUT2D eigenvalue weighted by molar-refractivity contribution is 7.90. The molecule has 0 bridgehead atoms. The summed E-state index contributed by atoms with van der Waals surface area (Å²) in [4.78, 5) is 25.1. The van der Waals surface area contributed by atoms with Gasteiger partial charge in [-0.05, 0) is 61.5 Å². The number of carbonyl (C=O) groups is 2. The van der Waals surface area contributed by atoms with Gasteiger partial charge in [0.25, 0.3) is 11.8 Å². The Labute approximate surface area is 202 Å². The minimum atomic E-state index is -3.46. The molecular weight excluding hydrogens is 478 g/mol. The van der Waals surface area contributed by atoms with E-state index in [4.69, 9.17) is 21.6 Å². The summed E-state index contributed by atoms with van der Waals surface area (Å²) in [6, 6.07) is 18.6. The van der Waals surface area contributed by atoms with Crippen molar-refractivity contribution in [2.75, 3.05) is 16.9 Å². The molecule has 3 aromatic carbocycles. The molecule has 0 fully saturated rings. The number of nitrogens with one attached hydrogen (secondary N) is 2. The summed E-state index contributed by atoms with van der Waals surface area (Å²) in [6.07, 6.45) is 0.206. The van der Waals surface area contributed by atoms with Crippen LogP contribution in [0.4, 0.5) is 11.4 Å². The Balaban J connectivity index is 1.66. The molecule has 0 aliphatic heterocycles. The summed E-state index contributed by atoms with van der Waals surface area (Å²) >= 11 is 6.27. The van der Waals surface area contributed by atoms with Crippen LogP contribution in [0.2, 0.25) is 5.02 Å². The van der Waals surface area contributed by atoms with Gasteiger partial charge in [-0.3, -0.25) is 9.59 Å². The van der Waals surface area contributed by atoms with E-state index in [-0.39, 0.29) is 21.2 Å². The molecule has 0 aliphatic rings. The predicted molar refractivity (Wildman–Crippen MR) is 129 cm³/mol. The van der Waals surface area contributed by atoms with Crippen molar-refractivity contribution < 1.29 is 22.7 Å². The van der Waals surface area contributed by atoms with Crippen molar-refractivity contribution in [3.05, 3.63) is 82.9 Å². The Hall–Kier alpha value is -3.87. The molecular formula is C24H20ClN3O5S. The van der Waals surface area contributed by atoms with Gasteiger partial charge in [0.05, 0.1) is 27.2 Å². The maximum Gasteiger partial charge on any atom is 0.265 e. The van der Waals surface area contributed by atoms with Crippen molar-refractivity contribution in [1.29, 1.82) is 5.26 Å². The lowest BCUT2D eigenvalue weighted by Crippen LogP contribution is -2.30. The minimum absolute atomic E-state index is 0.0278. The number of nitrogens with zero attached hydrogens (tertiary/aromatic N) is 1. The number of benzene rings is 3. The lowest BCUT2D eigenvalue weighted by molar-refractivity contribution is -0.122. The molecule has 0 saturated heterocycles. The van der Waals surface area contributed by atoms with E-state index < -0.39 is 27.8 Å². The summed E-state index contributed by atoms with van der Waals surface area (Å²) in [5.74, 6) is -0.587. The predicted octanol–water partition coefficient (Wildman–Crippen LogP) is 4.27. The molecule has 0 aromatic heterocycles. The van der Waals surface area contributed by atoms with Crippen LogP contribution in [0, 0.1) is 11.3 Å². The largest absolute Gasteiger partial charge is 0.481 e. The fourth-order valence-corrected chi connectivity index (χ4v) is 3.79. The number of rotatable bonds is 7. The highest BCUT2D eigenvalue weighted by Gasteiger charge is 2.17. The molecule has 34 heavy (non-hydrogen) atoms. The van der Waals surface area contributed by atoms with Gasteiger partial charge in [0.2, 0.25) is 0 Å². The number of nitriles is 1. The van der Waals surface area contributed by atoms with Gasteiger partial charge >= 0.3 is 0 Å². The van der Waals surface area contributed by atoms with Gasteiger partial charge < -0.3 is 15.4 Å². The Morgan fingerprint density at radius 1 is 1.03 bits per heavy atom. The molecule has 0 saturated carbocycles. The van der Waals surface area contributed by atoms with E-state index in [1.807, 2.05) is 6.07 Å². The van der Waals surface area contributed by atoms with E-state index in [0.717, 1.165) is 6.26 Å². The minimum Gasteiger partial charge on any atom is -0.481 e. The first kappa shape index (κ1) is 24.8. The third kappa shape index (κ3) is 6.34. The summed E-state index contributed by atoms with van der Waals surface area (Å²) < 4.78 is 29.0. The number of anilines is 2. The smallest absolute Gasteiger partial charge is 0.265 e. The van der Waals surface area contributed by atoms with Crippen LogP contribution < -0.4 is 15.4 Å². The molecule has 2 amide bonds. The van der Waals surface area contributed by atoms with E-state index in [2.05, 4.69) is 10.6 Å². The topological polar surface area (TPSA) is 125 Å². The highest BCUT2D eigenvalue weighted by atomic mass is 35.5. The lowest BCUT2D eigenvalue weighted by Gasteiger charge is -2.15. The van der Waals surface area contributed by atoms with Gasteiger partial charge in [0.15, 0.2) is 15.9 Å². The van der Waals surface area contributed by atoms with Crippen molar-refractivity contribution in [1.82, 2.24) is 0 Å². The highest BCUT2D eigenvalue weighted by Crippen LogP contribution is 2.26. The first-order valence-corrected chi connectivity index (χ1v) is 12.2. The van der Waals surface area contributed by atoms with Gasteiger partial charge in [0, 0.05) is 17.5 Å². The molecule has 0 aliphatic carbocycles. The Morgan fingerprint density at radius 2 is 1.76 bits per heavy atom. The van der Waals surface area contributed by atoms with Crippen LogP contribution in [0.5, 0.6) is 5.75 Å². The molecule has 10 heteroatoms. The molecule has 0 radical (unpaired) electrons. The molecule has 174 valence electrons. The fourth-order valence-electron chi connectivity index (χ4n) is 2.90. The van der Waals surface area contributed by atoms with Crippen molar-refractivity contribution >= 4 is 44.6 Å². The second-order valence-corrected chi connectivity index (χ2v) is 9.76. The molecule has 1 atom stereocenters. The van der Waals surface area contributed by atoms with Gasteiger partial charge in [-0.25, -0.2) is 8.42 Å². The number of halogens is 1. The average Bonchev–Trinajstić information content (AvgIpc) is 2.80. The second-order valence-electron chi connectivity index (χ2n) is 7.34. The van der Waals surface area contributed by atoms with Crippen molar-refractivity contribution in [3.8, 4) is 11.8 Å². The standard InChI is InChI=1S/C24H20ClN3O5S/c1-15(33-19-7-3-5-16(11-19)14-26)23(29)27-18-9-10-22(21(25)13-18)28-24(30)17-6-4-8-20(12-17)34(2,31)32/h3-13,15H,1-2H3,(H,27,29)(H,28,30). The Bertz CT molecular complexity index is 1400. The van der Waals surface area contributed by atoms with Crippen LogP contribution in [-0.4, -0.2) is 32.6 Å². The summed E-state index contributed by atoms with van der Waals surface area (Å²) in [7, 11) is -3.46. The molecule has 8 nitrogen and oxygen atoms in total. The maximum atomic E-state index is 12.5. The lowest BCUT2D eigenvalue weighted by atomic mass is 10.2. The fraction of sp³-hybridized carbons (Fsp3) is 0.125. The number of hydrogen-bond donors (Lipinski definition) is 2. The summed E-state index contributed by atoms with van der Waals surface area (Å²) in [5, 5.41) is 14.4. The second kappa shape index (κ2) is 10.4. The van der Waals surface area contributed by atoms with E-state index in [0.29, 0.717) is 17.0 Å². The zero-order valence-electron chi connectivity index (χ0n) is 18.2. The first-order chi connectivity index (χ1) is 16.1. The molecule has 1 unspecified atom stereocenters. The number of carbonyl (C=O) groups excluding carboxylic acids is 2. The van der Waals surface area contributed by atoms with Crippen molar-refractivity contribution in [3.63, 3.8) is 0 Å². The van der Waals surface area contributed by atoms with E-state index in [1.54, 1.807) is 31.2 Å². The van der Waals surface area contributed by atoms with Crippen LogP contribution in [0.3, 0.4) is 0 Å². The summed E-state index contributed by atoms with van der Waals surface area (Å²) in [5.41, 5.74) is 1.24. The Morgan fingerprint density at radius 3 is 2.44 bits per heavy atom. The van der Waals surface area contributed by atoms with Crippen molar-refractivity contribution in [2.24, 2.45) is 0 Å². The quantitative estimate of drug-likeness (QED) is 0.502. The summed E-state index contributed by atoms with van der Waals surface area (Å²) in [6.45, 7) is 1.56. The average molecular weight is 498 g/mol. The number of hydrogen-bond acceptors (Lipinski definition) is 6. The third-order valence-corrected chi connectivity index (χ3v) is 6.08. The monoisotopic (exact) mass is 497 g/mol. The molecule has 3 rings (SSSR count). The number of ether oxygens (including phenoxy) is 1. The maximum absolute atomic E-state index is 12.5. The van der Waals surface area contributed by atoms with Crippen LogP contribution in [-0.2, 0) is 14.6 Å². The zero-order valence-corrected chi connectivity index (χ0v) is 19.8. The third-order valence-electron chi connectivity index (χ3n) is 4.65. The van der Waals surface area contributed by atoms with Crippen LogP contribution >= 0.6 is 11.6 Å². The van der Waals surface area contributed by atoms with Gasteiger partial charge in [0.1, 0.15) is 5.75 Å². The van der Waals surface area contributed by atoms with Gasteiger partial charge in [-0.1, -0.05) is 23.7 Å². The van der Waals surface area contributed by atoms with E-state index in [1.165, 1.54) is 42.5 Å². The molecule has 2 N–H and O–H groups in total.